The fraction of sp³-hybridized carbons (Fsp3) is 0.652. The molecule has 5 nitrogen and oxygen atoms in total. The van der Waals surface area contributed by atoms with Gasteiger partial charge in [0.25, 0.3) is 0 Å². The molecule has 0 N–H and O–H groups in total. The van der Waals surface area contributed by atoms with Crippen LogP contribution in [0.3, 0.4) is 0 Å². The van der Waals surface area contributed by atoms with E-state index in [1.807, 2.05) is 33.3 Å². The maximum absolute atomic E-state index is 11.9. The Kier molecular flexibility index (Phi) is 15.0. The molecule has 1 unspecified atom stereocenters. The molecule has 0 aliphatic carbocycles. The molecule has 0 radical (unpaired) electrons. The first kappa shape index (κ1) is 26.1. The number of nitrogens with zero attached hydrogens (tertiary/aromatic N) is 1. The summed E-state index contributed by atoms with van der Waals surface area (Å²) in [5.74, 6) is -1.56. The number of carboxylic acids is 1. The summed E-state index contributed by atoms with van der Waals surface area (Å²) in [5, 5.41) is 10.8. The van der Waals surface area contributed by atoms with Crippen molar-refractivity contribution in [1.82, 2.24) is 0 Å². The number of hydrogen-bond donors (Lipinski definition) is 0. The van der Waals surface area contributed by atoms with Crippen molar-refractivity contribution in [3.05, 3.63) is 36.5 Å². The maximum atomic E-state index is 11.9. The van der Waals surface area contributed by atoms with Gasteiger partial charge in [0, 0.05) is 18.8 Å². The van der Waals surface area contributed by atoms with Crippen LogP contribution in [0.25, 0.3) is 0 Å². The number of carbonyl (C=O) groups excluding carboxylic acids is 2. The van der Waals surface area contributed by atoms with Gasteiger partial charge in [-0.15, -0.1) is 0 Å². The second-order valence-corrected chi connectivity index (χ2v) is 8.04. The Morgan fingerprint density at radius 1 is 0.929 bits per heavy atom. The molecule has 0 aromatic rings. The Balaban J connectivity index is 3.92. The number of allylic oxidation sites excluding steroid dienone is 6. The highest BCUT2D eigenvalue weighted by Gasteiger charge is 2.22. The molecule has 0 rings (SSSR count). The molecule has 0 aromatic heterocycles. The quantitative estimate of drug-likeness (QED) is 0.174. The van der Waals surface area contributed by atoms with E-state index in [-0.39, 0.29) is 18.8 Å². The second-order valence-electron chi connectivity index (χ2n) is 8.04. The number of esters is 1. The fourth-order valence-corrected chi connectivity index (χ4v) is 2.70. The Morgan fingerprint density at radius 3 is 2.04 bits per heavy atom. The van der Waals surface area contributed by atoms with Gasteiger partial charge in [-0.2, -0.15) is 0 Å². The number of likely N-dealkylation sites (N-methyl/N-ethyl adjacent to an activating group) is 1. The number of quaternary nitrogens is 1. The van der Waals surface area contributed by atoms with Crippen molar-refractivity contribution < 1.29 is 23.9 Å². The highest BCUT2D eigenvalue weighted by atomic mass is 16.5. The van der Waals surface area contributed by atoms with Gasteiger partial charge >= 0.3 is 5.97 Å². The number of rotatable bonds is 16. The zero-order valence-electron chi connectivity index (χ0n) is 18.2. The molecule has 0 aliphatic rings. The molecule has 0 fully saturated rings. The third-order valence-electron chi connectivity index (χ3n) is 3.96. The van der Waals surface area contributed by atoms with E-state index < -0.39 is 12.1 Å². The predicted molar refractivity (Wildman–Crippen MR) is 112 cm³/mol. The lowest BCUT2D eigenvalue weighted by atomic mass is 10.1. The summed E-state index contributed by atoms with van der Waals surface area (Å²) >= 11 is 0. The molecule has 0 saturated heterocycles. The van der Waals surface area contributed by atoms with Crippen LogP contribution in [0.1, 0.15) is 64.7 Å². The summed E-state index contributed by atoms with van der Waals surface area (Å²) in [5.41, 5.74) is 0. The zero-order valence-corrected chi connectivity index (χ0v) is 18.2. The number of unbranched alkanes of at least 4 members (excludes halogenated alkanes) is 3. The minimum Gasteiger partial charge on any atom is -0.550 e. The second kappa shape index (κ2) is 16.1. The average Bonchev–Trinajstić information content (AvgIpc) is 2.56. The normalized spacial score (nSPS) is 13.6. The molecule has 0 aromatic carbocycles. The molecule has 0 saturated carbocycles. The Hall–Kier alpha value is -1.88. The van der Waals surface area contributed by atoms with Gasteiger partial charge in [0.2, 0.25) is 0 Å². The SMILES string of the molecule is CC/C=C/CCCC/C=C/C/C=C/CCC(=O)OC(CC(=O)[O-])C[N+](C)(C)C. The first-order valence-corrected chi connectivity index (χ1v) is 10.4. The summed E-state index contributed by atoms with van der Waals surface area (Å²) in [6, 6.07) is 0. The standard InChI is InChI=1S/C23H39NO4/c1-5-6-7-8-9-10-11-12-13-14-15-16-17-18-23(27)28-21(19-22(25)26)20-24(2,3)4/h6-7,12-13,15-16,21H,5,8-11,14,17-20H2,1-4H3/b7-6+,13-12+,16-15+. The lowest BCUT2D eigenvalue weighted by Gasteiger charge is -2.29. The van der Waals surface area contributed by atoms with Crippen LogP contribution in [-0.4, -0.2) is 50.2 Å². The van der Waals surface area contributed by atoms with E-state index in [4.69, 9.17) is 4.74 Å². The maximum Gasteiger partial charge on any atom is 0.306 e. The van der Waals surface area contributed by atoms with E-state index in [2.05, 4.69) is 31.2 Å². The van der Waals surface area contributed by atoms with E-state index in [1.165, 1.54) is 12.8 Å². The molecule has 160 valence electrons. The van der Waals surface area contributed by atoms with Crippen molar-refractivity contribution in [3.63, 3.8) is 0 Å². The van der Waals surface area contributed by atoms with Crippen molar-refractivity contribution in [3.8, 4) is 0 Å². The average molecular weight is 394 g/mol. The van der Waals surface area contributed by atoms with Gasteiger partial charge in [-0.05, 0) is 44.9 Å². The molecule has 28 heavy (non-hydrogen) atoms. The van der Waals surface area contributed by atoms with E-state index >= 15 is 0 Å². The summed E-state index contributed by atoms with van der Waals surface area (Å²) in [6.45, 7) is 2.59. The van der Waals surface area contributed by atoms with Crippen LogP contribution >= 0.6 is 0 Å². The first-order valence-electron chi connectivity index (χ1n) is 10.4. The van der Waals surface area contributed by atoms with Gasteiger partial charge in [-0.3, -0.25) is 4.79 Å². The number of carbonyl (C=O) groups is 2. The largest absolute Gasteiger partial charge is 0.550 e. The minimum absolute atomic E-state index is 0.256. The molecular weight excluding hydrogens is 354 g/mol. The van der Waals surface area contributed by atoms with Crippen LogP contribution in [0, 0.1) is 0 Å². The van der Waals surface area contributed by atoms with Gasteiger partial charge < -0.3 is 19.1 Å². The number of hydrogen-bond acceptors (Lipinski definition) is 4. The summed E-state index contributed by atoms with van der Waals surface area (Å²) < 4.78 is 5.84. The number of ether oxygens (including phenoxy) is 1. The van der Waals surface area contributed by atoms with Crippen LogP contribution < -0.4 is 5.11 Å². The molecule has 0 heterocycles. The molecular formula is C23H39NO4. The highest BCUT2D eigenvalue weighted by molar-refractivity contribution is 5.71. The summed E-state index contributed by atoms with van der Waals surface area (Å²) in [6.07, 6.45) is 19.4. The minimum atomic E-state index is -1.20. The van der Waals surface area contributed by atoms with Crippen molar-refractivity contribution in [2.45, 2.75) is 70.8 Å². The van der Waals surface area contributed by atoms with E-state index in [9.17, 15) is 14.7 Å². The van der Waals surface area contributed by atoms with Crippen LogP contribution in [0.15, 0.2) is 36.5 Å². The number of aliphatic carboxylic acids is 1. The van der Waals surface area contributed by atoms with Gasteiger partial charge in [0.1, 0.15) is 6.54 Å². The van der Waals surface area contributed by atoms with Gasteiger partial charge in [0.05, 0.1) is 21.1 Å². The van der Waals surface area contributed by atoms with Crippen molar-refractivity contribution in [2.24, 2.45) is 0 Å². The third-order valence-corrected chi connectivity index (χ3v) is 3.96. The lowest BCUT2D eigenvalue weighted by molar-refractivity contribution is -0.873. The van der Waals surface area contributed by atoms with Crippen LogP contribution in [-0.2, 0) is 14.3 Å². The monoisotopic (exact) mass is 393 g/mol. The van der Waals surface area contributed by atoms with Gasteiger partial charge in [0.15, 0.2) is 6.10 Å². The van der Waals surface area contributed by atoms with Gasteiger partial charge in [-0.25, -0.2) is 0 Å². The molecule has 0 bridgehead atoms. The predicted octanol–water partition coefficient (Wildman–Crippen LogP) is 3.55. The van der Waals surface area contributed by atoms with E-state index in [1.54, 1.807) is 0 Å². The van der Waals surface area contributed by atoms with Crippen LogP contribution in [0.2, 0.25) is 0 Å². The molecule has 5 heteroatoms. The van der Waals surface area contributed by atoms with Crippen molar-refractivity contribution in [1.29, 1.82) is 0 Å². The summed E-state index contributed by atoms with van der Waals surface area (Å²) in [7, 11) is 5.78. The van der Waals surface area contributed by atoms with E-state index in [0.717, 1.165) is 25.7 Å². The van der Waals surface area contributed by atoms with Crippen LogP contribution in [0.4, 0.5) is 0 Å². The van der Waals surface area contributed by atoms with Crippen LogP contribution in [0.5, 0.6) is 0 Å². The fourth-order valence-electron chi connectivity index (χ4n) is 2.70. The van der Waals surface area contributed by atoms with Crippen molar-refractivity contribution in [2.75, 3.05) is 27.7 Å². The smallest absolute Gasteiger partial charge is 0.306 e. The number of carboxylic acid groups (broad SMARTS) is 1. The Morgan fingerprint density at radius 2 is 1.50 bits per heavy atom. The Bertz CT molecular complexity index is 515. The van der Waals surface area contributed by atoms with Crippen molar-refractivity contribution >= 4 is 11.9 Å². The van der Waals surface area contributed by atoms with E-state index in [0.29, 0.717) is 17.4 Å². The Labute approximate surface area is 171 Å². The molecule has 0 aliphatic heterocycles. The molecule has 0 amide bonds. The highest BCUT2D eigenvalue weighted by Crippen LogP contribution is 2.07. The summed E-state index contributed by atoms with van der Waals surface area (Å²) in [4.78, 5) is 22.8. The lowest BCUT2D eigenvalue weighted by Crippen LogP contribution is -2.45. The third kappa shape index (κ3) is 18.9. The molecule has 0 spiro atoms. The zero-order chi connectivity index (χ0) is 21.3. The topological polar surface area (TPSA) is 66.4 Å². The molecule has 1 atom stereocenters. The first-order chi connectivity index (χ1) is 13.2. The van der Waals surface area contributed by atoms with Gasteiger partial charge in [-0.1, -0.05) is 43.4 Å².